The lowest BCUT2D eigenvalue weighted by atomic mass is 9.90. The van der Waals surface area contributed by atoms with Gasteiger partial charge in [0.1, 0.15) is 0 Å². The second kappa shape index (κ2) is 5.79. The fourth-order valence-corrected chi connectivity index (χ4v) is 5.27. The van der Waals surface area contributed by atoms with E-state index in [1.807, 2.05) is 6.92 Å². The third kappa shape index (κ3) is 3.69. The van der Waals surface area contributed by atoms with Gasteiger partial charge in [-0.3, -0.25) is 4.79 Å². The number of carbonyl (C=O) groups excluding carboxylic acids is 1. The van der Waals surface area contributed by atoms with Gasteiger partial charge in [-0.15, -0.1) is 0 Å². The molecule has 2 fully saturated rings. The number of hydrogen-bond acceptors (Lipinski definition) is 3. The molecule has 0 aromatic rings. The highest BCUT2D eigenvalue weighted by Gasteiger charge is 2.41. The molecule has 1 amide bonds. The maximum atomic E-state index is 12.1. The van der Waals surface area contributed by atoms with Crippen molar-refractivity contribution in [3.8, 4) is 0 Å². The van der Waals surface area contributed by atoms with Gasteiger partial charge in [-0.1, -0.05) is 6.42 Å². The molecule has 2 aliphatic rings. The SMILES string of the molecule is CCNC(=O)C(C)NS(=O)(=O)CC1CC2CCC1C2. The highest BCUT2D eigenvalue weighted by molar-refractivity contribution is 7.89. The molecule has 2 saturated carbocycles. The number of rotatable bonds is 6. The highest BCUT2D eigenvalue weighted by Crippen LogP contribution is 2.48. The molecule has 2 N–H and O–H groups in total. The Morgan fingerprint density at radius 3 is 2.58 bits per heavy atom. The number of likely N-dealkylation sites (N-methyl/N-ethyl adjacent to an activating group) is 1. The predicted molar refractivity (Wildman–Crippen MR) is 74.0 cm³/mol. The lowest BCUT2D eigenvalue weighted by Crippen LogP contribution is -2.46. The molecule has 0 aromatic carbocycles. The van der Waals surface area contributed by atoms with Gasteiger partial charge in [-0.05, 0) is 50.9 Å². The number of fused-ring (bicyclic) bond motifs is 2. The van der Waals surface area contributed by atoms with Crippen LogP contribution in [0.25, 0.3) is 0 Å². The molecule has 2 aliphatic carbocycles. The van der Waals surface area contributed by atoms with Gasteiger partial charge in [0.05, 0.1) is 11.8 Å². The van der Waals surface area contributed by atoms with Gasteiger partial charge in [0.15, 0.2) is 0 Å². The fourth-order valence-electron chi connectivity index (χ4n) is 3.56. The van der Waals surface area contributed by atoms with Crippen LogP contribution in [0.5, 0.6) is 0 Å². The predicted octanol–water partition coefficient (Wildman–Crippen LogP) is 0.867. The number of amides is 1. The van der Waals surface area contributed by atoms with Crippen LogP contribution < -0.4 is 10.0 Å². The lowest BCUT2D eigenvalue weighted by Gasteiger charge is -2.22. The van der Waals surface area contributed by atoms with Gasteiger partial charge in [-0.2, -0.15) is 0 Å². The van der Waals surface area contributed by atoms with Crippen LogP contribution in [-0.2, 0) is 14.8 Å². The minimum atomic E-state index is -3.36. The maximum Gasteiger partial charge on any atom is 0.237 e. The molecule has 0 aliphatic heterocycles. The summed E-state index contributed by atoms with van der Waals surface area (Å²) in [4.78, 5) is 11.5. The first-order valence-corrected chi connectivity index (χ1v) is 8.84. The van der Waals surface area contributed by atoms with E-state index in [4.69, 9.17) is 0 Å². The van der Waals surface area contributed by atoms with Gasteiger partial charge in [0.25, 0.3) is 0 Å². The van der Waals surface area contributed by atoms with Crippen LogP contribution in [0.3, 0.4) is 0 Å². The molecule has 0 heterocycles. The molecule has 0 spiro atoms. The summed E-state index contributed by atoms with van der Waals surface area (Å²) < 4.78 is 26.7. The molecule has 0 radical (unpaired) electrons. The Bertz CT molecular complexity index is 435. The minimum absolute atomic E-state index is 0.178. The first kappa shape index (κ1) is 14.8. The van der Waals surface area contributed by atoms with E-state index in [9.17, 15) is 13.2 Å². The fraction of sp³-hybridized carbons (Fsp3) is 0.923. The topological polar surface area (TPSA) is 75.3 Å². The summed E-state index contributed by atoms with van der Waals surface area (Å²) in [7, 11) is -3.36. The van der Waals surface area contributed by atoms with Crippen LogP contribution >= 0.6 is 0 Å². The second-order valence-electron chi connectivity index (χ2n) is 5.95. The average Bonchev–Trinajstić information content (AvgIpc) is 2.89. The largest absolute Gasteiger partial charge is 0.355 e. The number of hydrogen-bond donors (Lipinski definition) is 2. The zero-order valence-electron chi connectivity index (χ0n) is 11.7. The van der Waals surface area contributed by atoms with E-state index in [-0.39, 0.29) is 17.6 Å². The standard InChI is InChI=1S/C13H24N2O3S/c1-3-14-13(16)9(2)15-19(17,18)8-12-7-10-4-5-11(12)6-10/h9-12,15H,3-8H2,1-2H3,(H,14,16). The zero-order chi connectivity index (χ0) is 14.0. The summed E-state index contributed by atoms with van der Waals surface area (Å²) in [6.45, 7) is 3.91. The maximum absolute atomic E-state index is 12.1. The lowest BCUT2D eigenvalue weighted by molar-refractivity contribution is -0.122. The summed E-state index contributed by atoms with van der Waals surface area (Å²) in [6.07, 6.45) is 4.69. The average molecular weight is 288 g/mol. The minimum Gasteiger partial charge on any atom is -0.355 e. The van der Waals surface area contributed by atoms with Crippen LogP contribution in [0, 0.1) is 17.8 Å². The molecule has 19 heavy (non-hydrogen) atoms. The van der Waals surface area contributed by atoms with Crippen molar-refractivity contribution in [3.05, 3.63) is 0 Å². The van der Waals surface area contributed by atoms with Crippen LogP contribution in [0.1, 0.15) is 39.5 Å². The van der Waals surface area contributed by atoms with Gasteiger partial charge in [0, 0.05) is 6.54 Å². The van der Waals surface area contributed by atoms with Crippen LogP contribution in [0.2, 0.25) is 0 Å². The van der Waals surface area contributed by atoms with E-state index >= 15 is 0 Å². The Labute approximate surface area is 115 Å². The zero-order valence-corrected chi connectivity index (χ0v) is 12.5. The smallest absolute Gasteiger partial charge is 0.237 e. The van der Waals surface area contributed by atoms with Gasteiger partial charge in [0.2, 0.25) is 15.9 Å². The Kier molecular flexibility index (Phi) is 4.50. The number of nitrogens with one attached hydrogen (secondary N) is 2. The highest BCUT2D eigenvalue weighted by atomic mass is 32.2. The van der Waals surface area contributed by atoms with Crippen LogP contribution in [-0.4, -0.2) is 32.7 Å². The third-order valence-electron chi connectivity index (χ3n) is 4.42. The van der Waals surface area contributed by atoms with Crippen LogP contribution in [0.15, 0.2) is 0 Å². The van der Waals surface area contributed by atoms with E-state index in [1.54, 1.807) is 6.92 Å². The van der Waals surface area contributed by atoms with Crippen molar-refractivity contribution >= 4 is 15.9 Å². The molecular formula is C13H24N2O3S. The molecule has 0 aromatic heterocycles. The Morgan fingerprint density at radius 1 is 1.32 bits per heavy atom. The van der Waals surface area contributed by atoms with Gasteiger partial charge >= 0.3 is 0 Å². The second-order valence-corrected chi connectivity index (χ2v) is 7.75. The first-order valence-electron chi connectivity index (χ1n) is 7.19. The molecule has 110 valence electrons. The Balaban J connectivity index is 1.86. The van der Waals surface area contributed by atoms with Crippen molar-refractivity contribution in [1.82, 2.24) is 10.0 Å². The molecule has 6 heteroatoms. The Hall–Kier alpha value is -0.620. The van der Waals surface area contributed by atoms with E-state index < -0.39 is 16.1 Å². The molecule has 2 rings (SSSR count). The van der Waals surface area contributed by atoms with Crippen molar-refractivity contribution in [3.63, 3.8) is 0 Å². The van der Waals surface area contributed by atoms with Crippen molar-refractivity contribution in [1.29, 1.82) is 0 Å². The molecule has 0 saturated heterocycles. The van der Waals surface area contributed by atoms with Crippen molar-refractivity contribution in [2.75, 3.05) is 12.3 Å². The van der Waals surface area contributed by atoms with Gasteiger partial charge < -0.3 is 5.32 Å². The van der Waals surface area contributed by atoms with Crippen molar-refractivity contribution in [2.45, 2.75) is 45.6 Å². The van der Waals surface area contributed by atoms with E-state index in [2.05, 4.69) is 10.0 Å². The van der Waals surface area contributed by atoms with E-state index in [1.165, 1.54) is 19.3 Å². The monoisotopic (exact) mass is 288 g/mol. The summed E-state index contributed by atoms with van der Waals surface area (Å²) >= 11 is 0. The quantitative estimate of drug-likeness (QED) is 0.761. The first-order chi connectivity index (χ1) is 8.91. The molecule has 5 nitrogen and oxygen atoms in total. The summed E-state index contributed by atoms with van der Waals surface area (Å²) in [5, 5.41) is 2.62. The molecule has 4 unspecified atom stereocenters. The van der Waals surface area contributed by atoms with E-state index in [0.717, 1.165) is 12.3 Å². The normalized spacial score (nSPS) is 31.4. The van der Waals surface area contributed by atoms with Crippen molar-refractivity contribution < 1.29 is 13.2 Å². The summed E-state index contributed by atoms with van der Waals surface area (Å²) in [5.41, 5.74) is 0. The van der Waals surface area contributed by atoms with Crippen molar-refractivity contribution in [2.24, 2.45) is 17.8 Å². The molecule has 2 bridgehead atoms. The number of carbonyl (C=O) groups is 1. The molecule has 4 atom stereocenters. The summed E-state index contributed by atoms with van der Waals surface area (Å²) in [5.74, 6) is 1.53. The Morgan fingerprint density at radius 2 is 2.05 bits per heavy atom. The van der Waals surface area contributed by atoms with Gasteiger partial charge in [-0.25, -0.2) is 13.1 Å². The third-order valence-corrected chi connectivity index (χ3v) is 6.00. The summed E-state index contributed by atoms with van der Waals surface area (Å²) in [6, 6.07) is -0.691. The number of sulfonamides is 1. The molecular weight excluding hydrogens is 264 g/mol. The van der Waals surface area contributed by atoms with E-state index in [0.29, 0.717) is 12.5 Å². The van der Waals surface area contributed by atoms with Crippen LogP contribution in [0.4, 0.5) is 0 Å².